The highest BCUT2D eigenvalue weighted by Gasteiger charge is 2.33. The van der Waals surface area contributed by atoms with E-state index in [0.717, 1.165) is 38.3 Å². The molecule has 118 valence electrons. The lowest BCUT2D eigenvalue weighted by Gasteiger charge is -2.37. The summed E-state index contributed by atoms with van der Waals surface area (Å²) in [7, 11) is 2.03. The van der Waals surface area contributed by atoms with Crippen LogP contribution in [-0.4, -0.2) is 54.7 Å². The molecule has 0 amide bonds. The highest BCUT2D eigenvalue weighted by Crippen LogP contribution is 2.32. The summed E-state index contributed by atoms with van der Waals surface area (Å²) in [5.41, 5.74) is -1.72. The summed E-state index contributed by atoms with van der Waals surface area (Å²) < 4.78 is 38.3. The third kappa shape index (κ3) is 4.18. The molecule has 1 aliphatic rings. The third-order valence-corrected chi connectivity index (χ3v) is 3.94. The molecule has 0 bridgehead atoms. The van der Waals surface area contributed by atoms with Gasteiger partial charge in [0.1, 0.15) is 0 Å². The summed E-state index contributed by atoms with van der Waals surface area (Å²) in [5.74, 6) is 0. The Bertz CT molecular complexity index is 480. The van der Waals surface area contributed by atoms with Gasteiger partial charge in [0.15, 0.2) is 0 Å². The summed E-state index contributed by atoms with van der Waals surface area (Å²) in [4.78, 5) is 4.27. The summed E-state index contributed by atoms with van der Waals surface area (Å²) in [6, 6.07) is 4.95. The second kappa shape index (κ2) is 5.94. The fraction of sp³-hybridized carbons (Fsp3) is 0.600. The van der Waals surface area contributed by atoms with E-state index in [-0.39, 0.29) is 0 Å². The van der Waals surface area contributed by atoms with Crippen molar-refractivity contribution in [2.45, 2.75) is 18.7 Å². The molecule has 0 radical (unpaired) electrons. The number of alkyl halides is 3. The lowest BCUT2D eigenvalue weighted by molar-refractivity contribution is -0.137. The van der Waals surface area contributed by atoms with Crippen LogP contribution in [0.15, 0.2) is 24.3 Å². The average molecular weight is 302 g/mol. The standard InChI is InChI=1S/C15H21F3N2O/c1-14(21,11-20-8-6-19(2)7-9-20)12-4-3-5-13(10-12)15(16,17)18/h3-5,10,21H,6-9,11H2,1-2H3. The van der Waals surface area contributed by atoms with Gasteiger partial charge >= 0.3 is 6.18 Å². The van der Waals surface area contributed by atoms with Crippen molar-refractivity contribution in [3.05, 3.63) is 35.4 Å². The zero-order chi connectivity index (χ0) is 15.7. The smallest absolute Gasteiger partial charge is 0.384 e. The Morgan fingerprint density at radius 1 is 1.10 bits per heavy atom. The fourth-order valence-corrected chi connectivity index (χ4v) is 2.56. The number of piperazine rings is 1. The van der Waals surface area contributed by atoms with E-state index in [9.17, 15) is 18.3 Å². The number of halogens is 3. The Kier molecular flexibility index (Phi) is 4.60. The van der Waals surface area contributed by atoms with E-state index < -0.39 is 17.3 Å². The lowest BCUT2D eigenvalue weighted by atomic mass is 9.93. The van der Waals surface area contributed by atoms with Crippen molar-refractivity contribution >= 4 is 0 Å². The number of nitrogens with zero attached hydrogens (tertiary/aromatic N) is 2. The van der Waals surface area contributed by atoms with Crippen molar-refractivity contribution in [3.8, 4) is 0 Å². The molecule has 1 aromatic carbocycles. The predicted octanol–water partition coefficient (Wildman–Crippen LogP) is 2.16. The van der Waals surface area contributed by atoms with E-state index in [0.29, 0.717) is 12.1 Å². The van der Waals surface area contributed by atoms with Gasteiger partial charge in [-0.05, 0) is 31.7 Å². The van der Waals surface area contributed by atoms with Gasteiger partial charge in [0.05, 0.1) is 11.2 Å². The number of aliphatic hydroxyl groups is 1. The van der Waals surface area contributed by atoms with Crippen LogP contribution in [0.5, 0.6) is 0 Å². The molecule has 0 aliphatic carbocycles. The maximum atomic E-state index is 12.8. The predicted molar refractivity (Wildman–Crippen MR) is 75.0 cm³/mol. The first-order valence-electron chi connectivity index (χ1n) is 6.99. The van der Waals surface area contributed by atoms with Crippen LogP contribution in [0.25, 0.3) is 0 Å². The molecule has 1 aromatic rings. The fourth-order valence-electron chi connectivity index (χ4n) is 2.56. The molecular weight excluding hydrogens is 281 g/mol. The van der Waals surface area contributed by atoms with Crippen LogP contribution in [0.4, 0.5) is 13.2 Å². The summed E-state index contributed by atoms with van der Waals surface area (Å²) in [5, 5.41) is 10.6. The molecular formula is C15H21F3N2O. The minimum absolute atomic E-state index is 0.302. The molecule has 1 N–H and O–H groups in total. The maximum absolute atomic E-state index is 12.8. The van der Waals surface area contributed by atoms with Crippen molar-refractivity contribution in [1.82, 2.24) is 9.80 Å². The Morgan fingerprint density at radius 2 is 1.67 bits per heavy atom. The minimum Gasteiger partial charge on any atom is -0.384 e. The van der Waals surface area contributed by atoms with Gasteiger partial charge in [0.2, 0.25) is 0 Å². The first-order chi connectivity index (χ1) is 9.68. The van der Waals surface area contributed by atoms with Crippen molar-refractivity contribution in [3.63, 3.8) is 0 Å². The third-order valence-electron chi connectivity index (χ3n) is 3.94. The SMILES string of the molecule is CN1CCN(CC(C)(O)c2cccc(C(F)(F)F)c2)CC1. The van der Waals surface area contributed by atoms with Crippen molar-refractivity contribution in [1.29, 1.82) is 0 Å². The van der Waals surface area contributed by atoms with Crippen LogP contribution >= 0.6 is 0 Å². The molecule has 1 saturated heterocycles. The summed E-state index contributed by atoms with van der Waals surface area (Å²) in [6.07, 6.45) is -4.39. The van der Waals surface area contributed by atoms with Gasteiger partial charge in [0.25, 0.3) is 0 Å². The number of likely N-dealkylation sites (N-methyl/N-ethyl adjacent to an activating group) is 1. The molecule has 0 aromatic heterocycles. The molecule has 2 rings (SSSR count). The Balaban J connectivity index is 2.12. The minimum atomic E-state index is -4.39. The number of benzene rings is 1. The highest BCUT2D eigenvalue weighted by atomic mass is 19.4. The zero-order valence-electron chi connectivity index (χ0n) is 12.3. The van der Waals surface area contributed by atoms with Crippen LogP contribution in [0.3, 0.4) is 0 Å². The molecule has 1 atom stereocenters. The lowest BCUT2D eigenvalue weighted by Crippen LogP contribution is -2.49. The van der Waals surface area contributed by atoms with Crippen LogP contribution in [0, 0.1) is 0 Å². The number of β-amino-alcohol motifs (C(OH)–C–C–N with tert-alkyl or cyclic N) is 1. The van der Waals surface area contributed by atoms with Crippen LogP contribution < -0.4 is 0 Å². The monoisotopic (exact) mass is 302 g/mol. The van der Waals surface area contributed by atoms with Crippen LogP contribution in [-0.2, 0) is 11.8 Å². The van der Waals surface area contributed by atoms with Gasteiger partial charge in [-0.25, -0.2) is 0 Å². The second-order valence-electron chi connectivity index (χ2n) is 5.93. The highest BCUT2D eigenvalue weighted by molar-refractivity contribution is 5.29. The number of hydrogen-bond acceptors (Lipinski definition) is 3. The summed E-state index contributed by atoms with van der Waals surface area (Å²) >= 11 is 0. The van der Waals surface area contributed by atoms with Crippen LogP contribution in [0.1, 0.15) is 18.1 Å². The van der Waals surface area contributed by atoms with Gasteiger partial charge in [-0.3, -0.25) is 4.90 Å². The quantitative estimate of drug-likeness (QED) is 0.927. The van der Waals surface area contributed by atoms with Gasteiger partial charge in [-0.2, -0.15) is 13.2 Å². The molecule has 1 unspecified atom stereocenters. The average Bonchev–Trinajstić information content (AvgIpc) is 2.40. The molecule has 0 saturated carbocycles. The van der Waals surface area contributed by atoms with Crippen molar-refractivity contribution < 1.29 is 18.3 Å². The number of rotatable bonds is 3. The molecule has 3 nitrogen and oxygen atoms in total. The first-order valence-corrected chi connectivity index (χ1v) is 6.99. The van der Waals surface area contributed by atoms with Gasteiger partial charge in [-0.1, -0.05) is 12.1 Å². The van der Waals surface area contributed by atoms with E-state index >= 15 is 0 Å². The first kappa shape index (κ1) is 16.3. The molecule has 6 heteroatoms. The van der Waals surface area contributed by atoms with E-state index in [1.807, 2.05) is 7.05 Å². The zero-order valence-corrected chi connectivity index (χ0v) is 12.3. The van der Waals surface area contributed by atoms with Crippen LogP contribution in [0.2, 0.25) is 0 Å². The van der Waals surface area contributed by atoms with Gasteiger partial charge in [-0.15, -0.1) is 0 Å². The van der Waals surface area contributed by atoms with E-state index in [1.165, 1.54) is 6.07 Å². The topological polar surface area (TPSA) is 26.7 Å². The van der Waals surface area contributed by atoms with Gasteiger partial charge < -0.3 is 10.0 Å². The van der Waals surface area contributed by atoms with E-state index in [1.54, 1.807) is 13.0 Å². The Morgan fingerprint density at radius 3 is 2.24 bits per heavy atom. The van der Waals surface area contributed by atoms with Gasteiger partial charge in [0, 0.05) is 32.7 Å². The van der Waals surface area contributed by atoms with Crippen molar-refractivity contribution in [2.75, 3.05) is 39.8 Å². The summed E-state index contributed by atoms with van der Waals surface area (Å²) in [6.45, 7) is 5.33. The van der Waals surface area contributed by atoms with Crippen molar-refractivity contribution in [2.24, 2.45) is 0 Å². The number of hydrogen-bond donors (Lipinski definition) is 1. The molecule has 1 aliphatic heterocycles. The largest absolute Gasteiger partial charge is 0.416 e. The Labute approximate surface area is 123 Å². The second-order valence-corrected chi connectivity index (χ2v) is 5.93. The van der Waals surface area contributed by atoms with E-state index in [4.69, 9.17) is 0 Å². The maximum Gasteiger partial charge on any atom is 0.416 e. The molecule has 21 heavy (non-hydrogen) atoms. The molecule has 1 heterocycles. The Hall–Kier alpha value is -1.11. The molecule has 0 spiro atoms. The normalized spacial score (nSPS) is 21.2. The molecule has 1 fully saturated rings. The van der Waals surface area contributed by atoms with E-state index in [2.05, 4.69) is 9.80 Å².